The van der Waals surface area contributed by atoms with Gasteiger partial charge >= 0.3 is 5.69 Å². The van der Waals surface area contributed by atoms with Gasteiger partial charge in [0.15, 0.2) is 5.75 Å². The highest BCUT2D eigenvalue weighted by Gasteiger charge is 2.27. The lowest BCUT2D eigenvalue weighted by Gasteiger charge is -2.31. The van der Waals surface area contributed by atoms with Crippen molar-refractivity contribution in [3.05, 3.63) is 33.9 Å². The van der Waals surface area contributed by atoms with Crippen molar-refractivity contribution in [2.45, 2.75) is 38.0 Å². The fraction of sp³-hybridized carbons (Fsp3) is 0.611. The van der Waals surface area contributed by atoms with Gasteiger partial charge in [-0.25, -0.2) is 12.7 Å². The summed E-state index contributed by atoms with van der Waals surface area (Å²) in [5, 5.41) is 14.0. The summed E-state index contributed by atoms with van der Waals surface area (Å²) in [4.78, 5) is 22.7. The average molecular weight is 446 g/mol. The fourth-order valence-electron chi connectivity index (χ4n) is 3.16. The maximum atomic E-state index is 12.2. The molecular formula is C18H27N3O6S2. The second kappa shape index (κ2) is 10.8. The molecule has 1 N–H and O–H groups in total. The van der Waals surface area contributed by atoms with Gasteiger partial charge in [-0.2, -0.15) is 0 Å². The lowest BCUT2D eigenvalue weighted by atomic mass is 10.1. The predicted octanol–water partition coefficient (Wildman–Crippen LogP) is 2.16. The summed E-state index contributed by atoms with van der Waals surface area (Å²) >= 11 is 1.37. The number of nitrogens with zero attached hydrogens (tertiary/aromatic N) is 2. The first-order valence-electron chi connectivity index (χ1n) is 9.43. The second-order valence-corrected chi connectivity index (χ2v) is 9.89. The third-order valence-corrected chi connectivity index (χ3v) is 7.70. The Kier molecular flexibility index (Phi) is 8.72. The van der Waals surface area contributed by atoms with Crippen molar-refractivity contribution in [2.75, 3.05) is 31.7 Å². The van der Waals surface area contributed by atoms with Crippen LogP contribution in [0.4, 0.5) is 5.69 Å². The zero-order valence-electron chi connectivity index (χ0n) is 16.6. The number of nitrogens with one attached hydrogen (secondary N) is 1. The maximum Gasteiger partial charge on any atom is 0.311 e. The number of rotatable bonds is 10. The van der Waals surface area contributed by atoms with E-state index in [1.165, 1.54) is 29.2 Å². The monoisotopic (exact) mass is 445 g/mol. The average Bonchev–Trinajstić information content (AvgIpc) is 2.68. The van der Waals surface area contributed by atoms with E-state index >= 15 is 0 Å². The molecule has 1 aromatic carbocycles. The predicted molar refractivity (Wildman–Crippen MR) is 113 cm³/mol. The third kappa shape index (κ3) is 6.86. The number of carbonyl (C=O) groups is 1. The zero-order valence-corrected chi connectivity index (χ0v) is 18.3. The summed E-state index contributed by atoms with van der Waals surface area (Å²) < 4.78 is 30.6. The van der Waals surface area contributed by atoms with E-state index in [0.717, 1.165) is 5.56 Å². The van der Waals surface area contributed by atoms with Crippen LogP contribution in [0, 0.1) is 10.1 Å². The van der Waals surface area contributed by atoms with Gasteiger partial charge in [0.1, 0.15) is 0 Å². The van der Waals surface area contributed by atoms with Crippen LogP contribution >= 0.6 is 11.8 Å². The van der Waals surface area contributed by atoms with Crippen LogP contribution < -0.4 is 10.1 Å². The van der Waals surface area contributed by atoms with Crippen LogP contribution in [0.3, 0.4) is 0 Å². The molecule has 0 bridgehead atoms. The molecule has 9 nitrogen and oxygen atoms in total. The third-order valence-electron chi connectivity index (χ3n) is 4.62. The molecule has 0 saturated carbocycles. The van der Waals surface area contributed by atoms with Crippen LogP contribution in [0.15, 0.2) is 18.2 Å². The van der Waals surface area contributed by atoms with Gasteiger partial charge in [-0.15, -0.1) is 11.8 Å². The van der Waals surface area contributed by atoms with Crippen LogP contribution in [0.5, 0.6) is 5.75 Å². The first-order valence-corrected chi connectivity index (χ1v) is 12.2. The molecule has 1 aromatic rings. The Morgan fingerprint density at radius 1 is 1.38 bits per heavy atom. The summed E-state index contributed by atoms with van der Waals surface area (Å²) in [6.07, 6.45) is 1.79. The Morgan fingerprint density at radius 2 is 2.07 bits per heavy atom. The SMILES string of the molecule is CCCS(=O)(=O)N1CCC(NC(=O)CSCc2ccc(OC)c([N+](=O)[O-])c2)CC1. The molecule has 1 fully saturated rings. The normalized spacial score (nSPS) is 15.8. The van der Waals surface area contributed by atoms with Gasteiger partial charge in [-0.1, -0.05) is 13.0 Å². The molecule has 1 heterocycles. The van der Waals surface area contributed by atoms with Crippen LogP contribution in [-0.2, 0) is 20.6 Å². The number of sulfonamides is 1. The first kappa shape index (κ1) is 23.4. The van der Waals surface area contributed by atoms with E-state index in [9.17, 15) is 23.3 Å². The topological polar surface area (TPSA) is 119 Å². The summed E-state index contributed by atoms with van der Waals surface area (Å²) in [5.41, 5.74) is 0.643. The molecule has 0 aliphatic carbocycles. The molecule has 29 heavy (non-hydrogen) atoms. The van der Waals surface area contributed by atoms with Crippen molar-refractivity contribution in [3.63, 3.8) is 0 Å². The van der Waals surface area contributed by atoms with Crippen LogP contribution in [-0.4, -0.2) is 61.3 Å². The van der Waals surface area contributed by atoms with Gasteiger partial charge in [0.05, 0.1) is 23.5 Å². The summed E-state index contributed by atoms with van der Waals surface area (Å²) in [6, 6.07) is 4.71. The number of piperidine rings is 1. The van der Waals surface area contributed by atoms with E-state index in [-0.39, 0.29) is 34.9 Å². The number of amides is 1. The van der Waals surface area contributed by atoms with Crippen molar-refractivity contribution in [3.8, 4) is 5.75 Å². The Hall–Kier alpha value is -1.85. The lowest BCUT2D eigenvalue weighted by molar-refractivity contribution is -0.385. The molecule has 162 valence electrons. The number of thioether (sulfide) groups is 1. The van der Waals surface area contributed by atoms with Gasteiger partial charge in [0.2, 0.25) is 15.9 Å². The van der Waals surface area contributed by atoms with Crippen molar-refractivity contribution in [1.29, 1.82) is 0 Å². The van der Waals surface area contributed by atoms with E-state index in [1.54, 1.807) is 12.1 Å². The Balaban J connectivity index is 1.76. The number of nitro groups is 1. The first-order chi connectivity index (χ1) is 13.8. The number of nitro benzene ring substituents is 1. The van der Waals surface area contributed by atoms with Crippen molar-refractivity contribution in [1.82, 2.24) is 9.62 Å². The smallest absolute Gasteiger partial charge is 0.311 e. The summed E-state index contributed by atoms with van der Waals surface area (Å²) in [6.45, 7) is 2.69. The van der Waals surface area contributed by atoms with Gasteiger partial charge in [-0.3, -0.25) is 14.9 Å². The standard InChI is InChI=1S/C18H27N3O6S2/c1-3-10-29(25,26)20-8-6-15(7-9-20)19-18(22)13-28-12-14-4-5-17(27-2)16(11-14)21(23)24/h4-5,11,15H,3,6-10,12-13H2,1-2H3,(H,19,22). The minimum Gasteiger partial charge on any atom is -0.490 e. The molecule has 11 heteroatoms. The Labute approximate surface area is 175 Å². The zero-order chi connectivity index (χ0) is 21.4. The molecule has 1 saturated heterocycles. The molecule has 0 aromatic heterocycles. The minimum absolute atomic E-state index is 0.0294. The quantitative estimate of drug-likeness (QED) is 0.433. The molecule has 0 unspecified atom stereocenters. The highest BCUT2D eigenvalue weighted by Crippen LogP contribution is 2.29. The second-order valence-electron chi connectivity index (χ2n) is 6.81. The van der Waals surface area contributed by atoms with E-state index in [1.807, 2.05) is 6.92 Å². The van der Waals surface area contributed by atoms with Gasteiger partial charge < -0.3 is 10.1 Å². The van der Waals surface area contributed by atoms with Crippen LogP contribution in [0.25, 0.3) is 0 Å². The number of hydrogen-bond donors (Lipinski definition) is 1. The molecule has 0 atom stereocenters. The van der Waals surface area contributed by atoms with Crippen molar-refractivity contribution < 1.29 is 22.9 Å². The van der Waals surface area contributed by atoms with E-state index in [0.29, 0.717) is 38.1 Å². The minimum atomic E-state index is -3.19. The Morgan fingerprint density at radius 3 is 2.66 bits per heavy atom. The molecule has 0 radical (unpaired) electrons. The summed E-state index contributed by atoms with van der Waals surface area (Å²) in [5.74, 6) is 0.936. The van der Waals surface area contributed by atoms with Gasteiger partial charge in [0.25, 0.3) is 0 Å². The lowest BCUT2D eigenvalue weighted by Crippen LogP contribution is -2.47. The molecule has 2 rings (SSSR count). The number of ether oxygens (including phenoxy) is 1. The molecule has 1 amide bonds. The highest BCUT2D eigenvalue weighted by molar-refractivity contribution is 7.99. The summed E-state index contributed by atoms with van der Waals surface area (Å²) in [7, 11) is -1.81. The fourth-order valence-corrected chi connectivity index (χ4v) is 5.49. The van der Waals surface area contributed by atoms with E-state index in [4.69, 9.17) is 4.74 Å². The molecule has 1 aliphatic rings. The number of hydrogen-bond acceptors (Lipinski definition) is 7. The number of carbonyl (C=O) groups excluding carboxylic acids is 1. The van der Waals surface area contributed by atoms with Crippen molar-refractivity contribution in [2.24, 2.45) is 0 Å². The largest absolute Gasteiger partial charge is 0.490 e. The maximum absolute atomic E-state index is 12.2. The number of methoxy groups -OCH3 is 1. The van der Waals surface area contributed by atoms with Crippen LogP contribution in [0.2, 0.25) is 0 Å². The number of benzene rings is 1. The van der Waals surface area contributed by atoms with E-state index < -0.39 is 14.9 Å². The van der Waals surface area contributed by atoms with Gasteiger partial charge in [-0.05, 0) is 30.9 Å². The molecule has 0 spiro atoms. The molecular weight excluding hydrogens is 418 g/mol. The van der Waals surface area contributed by atoms with E-state index in [2.05, 4.69) is 5.32 Å². The highest BCUT2D eigenvalue weighted by atomic mass is 32.2. The van der Waals surface area contributed by atoms with Gasteiger partial charge in [0, 0.05) is 31.0 Å². The Bertz CT molecular complexity index is 823. The molecule has 1 aliphatic heterocycles. The van der Waals surface area contributed by atoms with Crippen LogP contribution in [0.1, 0.15) is 31.7 Å². The van der Waals surface area contributed by atoms with Crippen molar-refractivity contribution >= 4 is 33.4 Å².